The summed E-state index contributed by atoms with van der Waals surface area (Å²) in [7, 11) is -3.93. The zero-order valence-electron chi connectivity index (χ0n) is 15.3. The molecule has 0 unspecified atom stereocenters. The Bertz CT molecular complexity index is 1050. The Hall–Kier alpha value is -1.81. The number of carbonyl (C=O) groups is 1. The molecule has 1 saturated heterocycles. The summed E-state index contributed by atoms with van der Waals surface area (Å²) in [6.07, 6.45) is -4.46. The molecular formula is C19H16Cl2F3NO4S. The van der Waals surface area contributed by atoms with Gasteiger partial charge in [-0.15, -0.1) is 0 Å². The van der Waals surface area contributed by atoms with E-state index in [9.17, 15) is 26.4 Å². The first-order valence-electron chi connectivity index (χ1n) is 8.83. The Balaban J connectivity index is 1.69. The highest BCUT2D eigenvalue weighted by Gasteiger charge is 2.37. The van der Waals surface area contributed by atoms with Crippen LogP contribution in [0.2, 0.25) is 10.0 Å². The molecule has 2 aromatic rings. The Labute approximate surface area is 181 Å². The van der Waals surface area contributed by atoms with E-state index in [0.717, 1.165) is 16.4 Å². The molecule has 1 fully saturated rings. The molecule has 162 valence electrons. The van der Waals surface area contributed by atoms with Crippen molar-refractivity contribution in [3.8, 4) is 5.75 Å². The maximum absolute atomic E-state index is 13.1. The van der Waals surface area contributed by atoms with Gasteiger partial charge in [0.05, 0.1) is 16.5 Å². The molecule has 2 aromatic carbocycles. The molecule has 5 nitrogen and oxygen atoms in total. The number of carbonyl (C=O) groups excluding carboxylic acids is 1. The predicted octanol–water partition coefficient (Wildman–Crippen LogP) is 5.02. The molecule has 0 radical (unpaired) electrons. The van der Waals surface area contributed by atoms with Crippen LogP contribution in [0, 0.1) is 5.92 Å². The van der Waals surface area contributed by atoms with E-state index in [4.69, 9.17) is 27.9 Å². The van der Waals surface area contributed by atoms with Gasteiger partial charge in [0, 0.05) is 18.1 Å². The SMILES string of the molecule is O=C(Oc1ccccc1C(F)(F)F)C1CCN(S(=O)(=O)c2cc(Cl)ccc2Cl)CC1. The van der Waals surface area contributed by atoms with E-state index in [1.54, 1.807) is 0 Å². The number of para-hydroxylation sites is 1. The highest BCUT2D eigenvalue weighted by molar-refractivity contribution is 7.89. The van der Waals surface area contributed by atoms with Crippen LogP contribution >= 0.6 is 23.2 Å². The van der Waals surface area contributed by atoms with Gasteiger partial charge in [-0.3, -0.25) is 4.79 Å². The third kappa shape index (κ3) is 4.91. The van der Waals surface area contributed by atoms with Crippen LogP contribution in [0.3, 0.4) is 0 Å². The van der Waals surface area contributed by atoms with Crippen LogP contribution in [0.5, 0.6) is 5.75 Å². The molecule has 0 atom stereocenters. The van der Waals surface area contributed by atoms with E-state index in [1.165, 1.54) is 30.3 Å². The second-order valence-electron chi connectivity index (χ2n) is 6.67. The second-order valence-corrected chi connectivity index (χ2v) is 9.42. The van der Waals surface area contributed by atoms with Gasteiger partial charge in [0.15, 0.2) is 0 Å². The van der Waals surface area contributed by atoms with Crippen LogP contribution in [-0.4, -0.2) is 31.8 Å². The lowest BCUT2D eigenvalue weighted by Crippen LogP contribution is -2.41. The van der Waals surface area contributed by atoms with Gasteiger partial charge in [-0.25, -0.2) is 8.42 Å². The molecule has 3 rings (SSSR count). The molecular weight excluding hydrogens is 466 g/mol. The third-order valence-electron chi connectivity index (χ3n) is 4.70. The first-order valence-corrected chi connectivity index (χ1v) is 11.0. The minimum absolute atomic E-state index is 0.00808. The molecule has 0 bridgehead atoms. The Kier molecular flexibility index (Phi) is 6.66. The average molecular weight is 482 g/mol. The van der Waals surface area contributed by atoms with Crippen molar-refractivity contribution in [2.75, 3.05) is 13.1 Å². The van der Waals surface area contributed by atoms with Crippen LogP contribution in [0.15, 0.2) is 47.4 Å². The largest absolute Gasteiger partial charge is 0.426 e. The van der Waals surface area contributed by atoms with Crippen molar-refractivity contribution < 1.29 is 31.1 Å². The molecule has 1 heterocycles. The zero-order valence-corrected chi connectivity index (χ0v) is 17.7. The van der Waals surface area contributed by atoms with Crippen molar-refractivity contribution in [1.29, 1.82) is 0 Å². The van der Waals surface area contributed by atoms with Crippen LogP contribution < -0.4 is 4.74 Å². The second kappa shape index (κ2) is 8.74. The fourth-order valence-corrected chi connectivity index (χ4v) is 5.33. The Morgan fingerprint density at radius 1 is 1.07 bits per heavy atom. The van der Waals surface area contributed by atoms with E-state index in [2.05, 4.69) is 0 Å². The molecule has 0 spiro atoms. The molecule has 30 heavy (non-hydrogen) atoms. The maximum Gasteiger partial charge on any atom is 0.419 e. The molecule has 0 saturated carbocycles. The minimum atomic E-state index is -4.66. The van der Waals surface area contributed by atoms with Crippen molar-refractivity contribution in [3.63, 3.8) is 0 Å². The standard InChI is InChI=1S/C19H16Cl2F3NO4S/c20-13-5-6-15(21)17(11-13)30(27,28)25-9-7-12(8-10-25)18(26)29-16-4-2-1-3-14(16)19(22,23)24/h1-6,11-12H,7-10H2. The van der Waals surface area contributed by atoms with Gasteiger partial charge in [-0.1, -0.05) is 35.3 Å². The van der Waals surface area contributed by atoms with Crippen molar-refractivity contribution in [2.24, 2.45) is 5.92 Å². The van der Waals surface area contributed by atoms with Crippen molar-refractivity contribution in [2.45, 2.75) is 23.9 Å². The summed E-state index contributed by atoms with van der Waals surface area (Å²) in [4.78, 5) is 12.2. The smallest absolute Gasteiger partial charge is 0.419 e. The molecule has 0 aliphatic carbocycles. The predicted molar refractivity (Wildman–Crippen MR) is 105 cm³/mol. The fourth-order valence-electron chi connectivity index (χ4n) is 3.13. The number of halogens is 5. The van der Waals surface area contributed by atoms with E-state index < -0.39 is 39.4 Å². The van der Waals surface area contributed by atoms with E-state index in [1.807, 2.05) is 0 Å². The van der Waals surface area contributed by atoms with Gasteiger partial charge in [-0.2, -0.15) is 17.5 Å². The van der Waals surface area contributed by atoms with Crippen molar-refractivity contribution in [3.05, 3.63) is 58.1 Å². The molecule has 1 aliphatic rings. The van der Waals surface area contributed by atoms with Gasteiger partial charge in [0.25, 0.3) is 0 Å². The number of ether oxygens (including phenoxy) is 1. The summed E-state index contributed by atoms with van der Waals surface area (Å²) in [5, 5.41) is 0.226. The van der Waals surface area contributed by atoms with Crippen molar-refractivity contribution >= 4 is 39.2 Å². The molecule has 0 N–H and O–H groups in total. The molecule has 0 aromatic heterocycles. The number of sulfonamides is 1. The summed E-state index contributed by atoms with van der Waals surface area (Å²) < 4.78 is 71.0. The number of hydrogen-bond donors (Lipinski definition) is 0. The monoisotopic (exact) mass is 481 g/mol. The topological polar surface area (TPSA) is 63.7 Å². The minimum Gasteiger partial charge on any atom is -0.426 e. The van der Waals surface area contributed by atoms with Crippen LogP contribution in [-0.2, 0) is 21.0 Å². The quantitative estimate of drug-likeness (QED) is 0.454. The van der Waals surface area contributed by atoms with Gasteiger partial charge < -0.3 is 4.74 Å². The van der Waals surface area contributed by atoms with E-state index >= 15 is 0 Å². The number of hydrogen-bond acceptors (Lipinski definition) is 4. The average Bonchev–Trinajstić information content (AvgIpc) is 2.69. The van der Waals surface area contributed by atoms with E-state index in [0.29, 0.717) is 0 Å². The number of rotatable bonds is 4. The summed E-state index contributed by atoms with van der Waals surface area (Å²) in [6.45, 7) is -0.0162. The summed E-state index contributed by atoms with van der Waals surface area (Å²) in [5.74, 6) is -2.13. The van der Waals surface area contributed by atoms with Gasteiger partial charge >= 0.3 is 12.1 Å². The highest BCUT2D eigenvalue weighted by atomic mass is 35.5. The molecule has 0 amide bonds. The highest BCUT2D eigenvalue weighted by Crippen LogP contribution is 2.37. The van der Waals surface area contributed by atoms with Crippen LogP contribution in [0.1, 0.15) is 18.4 Å². The molecule has 1 aliphatic heterocycles. The zero-order chi connectivity index (χ0) is 22.1. The number of alkyl halides is 3. The van der Waals surface area contributed by atoms with Gasteiger partial charge in [0.1, 0.15) is 10.6 Å². The third-order valence-corrected chi connectivity index (χ3v) is 7.32. The first-order chi connectivity index (χ1) is 14.0. The van der Waals surface area contributed by atoms with Crippen LogP contribution in [0.4, 0.5) is 13.2 Å². The lowest BCUT2D eigenvalue weighted by atomic mass is 9.98. The maximum atomic E-state index is 13.1. The lowest BCUT2D eigenvalue weighted by Gasteiger charge is -2.30. The number of benzene rings is 2. The number of nitrogens with zero attached hydrogens (tertiary/aromatic N) is 1. The number of piperidine rings is 1. The van der Waals surface area contributed by atoms with Gasteiger partial charge in [-0.05, 0) is 43.2 Å². The molecule has 11 heteroatoms. The summed E-state index contributed by atoms with van der Waals surface area (Å²) in [6, 6.07) is 8.51. The summed E-state index contributed by atoms with van der Waals surface area (Å²) in [5.41, 5.74) is -1.05. The number of esters is 1. The summed E-state index contributed by atoms with van der Waals surface area (Å²) >= 11 is 11.9. The van der Waals surface area contributed by atoms with Crippen LogP contribution in [0.25, 0.3) is 0 Å². The lowest BCUT2D eigenvalue weighted by molar-refractivity contribution is -0.145. The van der Waals surface area contributed by atoms with Crippen molar-refractivity contribution in [1.82, 2.24) is 4.31 Å². The Morgan fingerprint density at radius 3 is 2.33 bits per heavy atom. The normalized spacial score (nSPS) is 16.4. The first kappa shape index (κ1) is 22.9. The fraction of sp³-hybridized carbons (Fsp3) is 0.316. The Morgan fingerprint density at radius 2 is 1.70 bits per heavy atom. The van der Waals surface area contributed by atoms with E-state index in [-0.39, 0.29) is 40.9 Å². The van der Waals surface area contributed by atoms with Gasteiger partial charge in [0.2, 0.25) is 10.0 Å².